The minimum atomic E-state index is -2.72. The second kappa shape index (κ2) is 12.3. The summed E-state index contributed by atoms with van der Waals surface area (Å²) in [6, 6.07) is 7.16. The summed E-state index contributed by atoms with van der Waals surface area (Å²) in [5.41, 5.74) is 1.51. The maximum absolute atomic E-state index is 12.9. The van der Waals surface area contributed by atoms with Gasteiger partial charge in [0, 0.05) is 13.1 Å². The van der Waals surface area contributed by atoms with Crippen molar-refractivity contribution >= 4 is 42.1 Å². The number of morpholine rings is 1. The fraction of sp³-hybridized carbons (Fsp3) is 0.320. The van der Waals surface area contributed by atoms with Crippen LogP contribution in [-0.4, -0.2) is 97.3 Å². The average molecular weight is 595 g/mol. The van der Waals surface area contributed by atoms with Crippen LogP contribution >= 0.6 is 0 Å². The van der Waals surface area contributed by atoms with Crippen LogP contribution in [0.15, 0.2) is 41.2 Å². The second-order valence-electron chi connectivity index (χ2n) is 8.49. The first-order chi connectivity index (χ1) is 20.2. The van der Waals surface area contributed by atoms with E-state index in [2.05, 4.69) is 40.5 Å². The van der Waals surface area contributed by atoms with Gasteiger partial charge in [0.2, 0.25) is 0 Å². The molecule has 39 heavy (non-hydrogen) atoms. The van der Waals surface area contributed by atoms with E-state index >= 15 is 0 Å². The number of nitrogens with zero attached hydrogens (tertiary/aromatic N) is 7. The van der Waals surface area contributed by atoms with Crippen molar-refractivity contribution in [1.29, 1.82) is 0 Å². The topological polar surface area (TPSA) is 153 Å². The molecule has 0 saturated carbocycles. The molecule has 4 aromatic heterocycles. The van der Waals surface area contributed by atoms with Gasteiger partial charge in [-0.25, -0.2) is 0 Å². The third-order valence-electron chi connectivity index (χ3n) is 5.77. The summed E-state index contributed by atoms with van der Waals surface area (Å²) >= 11 is -0.689. The van der Waals surface area contributed by atoms with Gasteiger partial charge in [0.05, 0.1) is 13.2 Å². The van der Waals surface area contributed by atoms with Gasteiger partial charge in [-0.2, -0.15) is 0 Å². The number of hydrogen-bond donors (Lipinski definition) is 2. The van der Waals surface area contributed by atoms with Gasteiger partial charge in [-0.3, -0.25) is 0 Å². The number of pyridine rings is 2. The summed E-state index contributed by atoms with van der Waals surface area (Å²) in [5, 5.41) is 17.4. The van der Waals surface area contributed by atoms with Crippen molar-refractivity contribution in [3.8, 4) is 17.1 Å². The first-order valence-electron chi connectivity index (χ1n) is 13.5. The number of anilines is 2. The standard InChI is InChI=1S/C25H27AsN9O4/c1-15-4-6-28-18(12-15)26-19-13-17(21(33-32-19)25(36)27-2)30-24-22(37-3)16(5-7-29-24)23-31-20(39-34-23)14-35-8-10-38-11-9-35/h4-7,12-13H,8-11,14H2,1-3H3,(H,27,36)(H,29,30,32)/i2D3. The van der Waals surface area contributed by atoms with Gasteiger partial charge < -0.3 is 4.74 Å². The Labute approximate surface area is 235 Å². The van der Waals surface area contributed by atoms with Crippen LogP contribution in [0.3, 0.4) is 0 Å². The Morgan fingerprint density at radius 2 is 2.03 bits per heavy atom. The second-order valence-corrected chi connectivity index (χ2v) is 10.9. The summed E-state index contributed by atoms with van der Waals surface area (Å²) in [7, 11) is 1.47. The number of aromatic nitrogens is 6. The van der Waals surface area contributed by atoms with Gasteiger partial charge in [-0.15, -0.1) is 0 Å². The Morgan fingerprint density at radius 1 is 1.18 bits per heavy atom. The molecule has 1 fully saturated rings. The van der Waals surface area contributed by atoms with Crippen LogP contribution in [0.5, 0.6) is 5.75 Å². The van der Waals surface area contributed by atoms with Crippen molar-refractivity contribution in [2.45, 2.75) is 13.5 Å². The van der Waals surface area contributed by atoms with Crippen LogP contribution in [0, 0.1) is 6.92 Å². The molecule has 0 atom stereocenters. The Kier molecular flexibility index (Phi) is 7.24. The van der Waals surface area contributed by atoms with Crippen LogP contribution in [0.25, 0.3) is 11.4 Å². The summed E-state index contributed by atoms with van der Waals surface area (Å²) in [5.74, 6) is 0.319. The van der Waals surface area contributed by atoms with E-state index in [1.54, 1.807) is 18.3 Å². The van der Waals surface area contributed by atoms with Crippen LogP contribution in [0.2, 0.25) is 0 Å². The van der Waals surface area contributed by atoms with Crippen molar-refractivity contribution in [3.63, 3.8) is 0 Å². The van der Waals surface area contributed by atoms with Crippen molar-refractivity contribution in [2.75, 3.05) is 45.7 Å². The number of nitrogens with one attached hydrogen (secondary N) is 2. The van der Waals surface area contributed by atoms with Crippen molar-refractivity contribution < 1.29 is 22.9 Å². The molecule has 0 bridgehead atoms. The number of ether oxygens (including phenoxy) is 2. The molecule has 0 aliphatic carbocycles. The van der Waals surface area contributed by atoms with Crippen LogP contribution in [-0.2, 0) is 11.3 Å². The zero-order valence-electron chi connectivity index (χ0n) is 24.2. The molecule has 4 aromatic rings. The maximum atomic E-state index is 12.9. The minimum absolute atomic E-state index is 0.189. The van der Waals surface area contributed by atoms with Crippen molar-refractivity contribution in [3.05, 3.63) is 53.8 Å². The van der Waals surface area contributed by atoms with E-state index in [0.29, 0.717) is 41.5 Å². The van der Waals surface area contributed by atoms with Crippen LogP contribution < -0.4 is 24.3 Å². The van der Waals surface area contributed by atoms with Crippen LogP contribution in [0.4, 0.5) is 11.5 Å². The Balaban J connectivity index is 1.46. The molecule has 1 aliphatic rings. The van der Waals surface area contributed by atoms with Crippen molar-refractivity contribution in [1.82, 2.24) is 40.5 Å². The van der Waals surface area contributed by atoms with Crippen LogP contribution in [0.1, 0.15) is 26.1 Å². The molecule has 14 heteroatoms. The predicted octanol–water partition coefficient (Wildman–Crippen LogP) is 0.224. The number of hydrogen-bond acceptors (Lipinski definition) is 12. The Hall–Kier alpha value is -3.93. The van der Waals surface area contributed by atoms with Gasteiger partial charge in [0.15, 0.2) is 0 Å². The molecule has 5 heterocycles. The molecular formula is C25H27AsN9O4. The zero-order valence-corrected chi connectivity index (χ0v) is 23.1. The van der Waals surface area contributed by atoms with E-state index in [0.717, 1.165) is 23.1 Å². The third kappa shape index (κ3) is 6.39. The normalized spacial score (nSPS) is 15.5. The third-order valence-corrected chi connectivity index (χ3v) is 7.71. The Bertz CT molecular complexity index is 1560. The molecule has 1 radical (unpaired) electrons. The van der Waals surface area contributed by atoms with Gasteiger partial charge in [-0.1, -0.05) is 0 Å². The van der Waals surface area contributed by atoms with E-state index in [4.69, 9.17) is 18.1 Å². The molecule has 2 N–H and O–H groups in total. The predicted molar refractivity (Wildman–Crippen MR) is 143 cm³/mol. The molecule has 5 rings (SSSR count). The number of carbonyl (C=O) groups excluding carboxylic acids is 1. The van der Waals surface area contributed by atoms with E-state index in [9.17, 15) is 4.79 Å². The molecule has 0 unspecified atom stereocenters. The van der Waals surface area contributed by atoms with E-state index in [-0.39, 0.29) is 22.9 Å². The van der Waals surface area contributed by atoms with E-state index in [1.807, 2.05) is 24.4 Å². The summed E-state index contributed by atoms with van der Waals surface area (Å²) < 4.78 is 40.3. The molecule has 0 aromatic carbocycles. The number of carbonyl (C=O) groups is 1. The Morgan fingerprint density at radius 3 is 2.82 bits per heavy atom. The molecule has 13 nitrogen and oxygen atoms in total. The molecule has 0 spiro atoms. The quantitative estimate of drug-likeness (QED) is 0.255. The van der Waals surface area contributed by atoms with E-state index in [1.165, 1.54) is 13.3 Å². The monoisotopic (exact) mass is 595 g/mol. The number of aryl methyl sites for hydroxylation is 1. The molecule has 1 saturated heterocycles. The molecule has 1 amide bonds. The first kappa shape index (κ1) is 23.0. The fourth-order valence-corrected chi connectivity index (χ4v) is 5.79. The van der Waals surface area contributed by atoms with Gasteiger partial charge in [0.25, 0.3) is 0 Å². The summed E-state index contributed by atoms with van der Waals surface area (Å²) in [6.07, 6.45) is 3.24. The first-order valence-corrected chi connectivity index (χ1v) is 13.8. The average Bonchev–Trinajstić information content (AvgIpc) is 3.41. The number of amides is 1. The SMILES string of the molecule is [2H]C([2H])([2H])NC(=O)c1nnc([As]c2cc(C)ccn2)cc1Nc1nccc(-c2noc(CN3CCOCC3)n2)c1OC. The molecular weight excluding hydrogens is 565 g/mol. The molecule has 1 aliphatic heterocycles. The van der Waals surface area contributed by atoms with Gasteiger partial charge in [-0.05, 0) is 0 Å². The summed E-state index contributed by atoms with van der Waals surface area (Å²) in [4.78, 5) is 28.4. The zero-order chi connectivity index (χ0) is 29.7. The van der Waals surface area contributed by atoms with Crippen molar-refractivity contribution in [2.24, 2.45) is 0 Å². The fourth-order valence-electron chi connectivity index (χ4n) is 3.88. The van der Waals surface area contributed by atoms with Gasteiger partial charge >= 0.3 is 205 Å². The van der Waals surface area contributed by atoms with Gasteiger partial charge in [0.1, 0.15) is 0 Å². The number of rotatable bonds is 9. The summed E-state index contributed by atoms with van der Waals surface area (Å²) in [6.45, 7) is 2.57. The molecule has 201 valence electrons. The number of methoxy groups -OCH3 is 1. The van der Waals surface area contributed by atoms with E-state index < -0.39 is 28.6 Å².